The fourth-order valence-electron chi connectivity index (χ4n) is 1.70. The highest BCUT2D eigenvalue weighted by Crippen LogP contribution is 2.27. The number of ether oxygens (including phenoxy) is 1. The van der Waals surface area contributed by atoms with Crippen molar-refractivity contribution in [2.75, 3.05) is 6.54 Å². The zero-order chi connectivity index (χ0) is 13.7. The van der Waals surface area contributed by atoms with Gasteiger partial charge in [-0.25, -0.2) is 0 Å². The maximum absolute atomic E-state index is 5.98. The first-order chi connectivity index (χ1) is 9.19. The first kappa shape index (κ1) is 13.8. The van der Waals surface area contributed by atoms with Crippen molar-refractivity contribution in [2.24, 2.45) is 0 Å². The van der Waals surface area contributed by atoms with E-state index in [1.54, 1.807) is 6.20 Å². The number of hydrogen-bond acceptors (Lipinski definition) is 3. The molecule has 0 atom stereocenters. The van der Waals surface area contributed by atoms with Gasteiger partial charge in [0, 0.05) is 17.8 Å². The van der Waals surface area contributed by atoms with Crippen molar-refractivity contribution in [3.05, 3.63) is 52.8 Å². The van der Waals surface area contributed by atoms with Gasteiger partial charge in [0.15, 0.2) is 0 Å². The summed E-state index contributed by atoms with van der Waals surface area (Å²) >= 11 is 5.98. The van der Waals surface area contributed by atoms with Crippen LogP contribution in [0.4, 0.5) is 0 Å². The van der Waals surface area contributed by atoms with E-state index in [1.165, 1.54) is 0 Å². The summed E-state index contributed by atoms with van der Waals surface area (Å²) in [5.41, 5.74) is 2.14. The Bertz CT molecular complexity index is 558. The largest absolute Gasteiger partial charge is 0.455 e. The molecule has 0 unspecified atom stereocenters. The summed E-state index contributed by atoms with van der Waals surface area (Å²) in [7, 11) is 0. The summed E-state index contributed by atoms with van der Waals surface area (Å²) in [6.45, 7) is 5.78. The van der Waals surface area contributed by atoms with Crippen molar-refractivity contribution in [3.63, 3.8) is 0 Å². The molecule has 0 saturated carbocycles. The van der Waals surface area contributed by atoms with Crippen LogP contribution in [-0.4, -0.2) is 11.5 Å². The van der Waals surface area contributed by atoms with Crippen LogP contribution < -0.4 is 10.1 Å². The summed E-state index contributed by atoms with van der Waals surface area (Å²) in [6.07, 6.45) is 3.54. The fraction of sp³-hybridized carbons (Fsp3) is 0.267. The van der Waals surface area contributed by atoms with E-state index in [-0.39, 0.29) is 0 Å². The number of nitrogens with one attached hydrogen (secondary N) is 1. The van der Waals surface area contributed by atoms with E-state index in [0.717, 1.165) is 35.7 Å². The van der Waals surface area contributed by atoms with Crippen molar-refractivity contribution in [3.8, 4) is 11.5 Å². The Kier molecular flexibility index (Phi) is 4.77. The van der Waals surface area contributed by atoms with E-state index in [1.807, 2.05) is 37.4 Å². The van der Waals surface area contributed by atoms with E-state index < -0.39 is 0 Å². The molecule has 0 aliphatic rings. The predicted octanol–water partition coefficient (Wildman–Crippen LogP) is 3.95. The zero-order valence-electron chi connectivity index (χ0n) is 11.1. The van der Waals surface area contributed by atoms with Gasteiger partial charge in [-0.3, -0.25) is 4.98 Å². The molecular weight excluding hydrogens is 260 g/mol. The third kappa shape index (κ3) is 3.94. The van der Waals surface area contributed by atoms with Crippen LogP contribution in [0.2, 0.25) is 5.02 Å². The highest BCUT2D eigenvalue weighted by molar-refractivity contribution is 6.30. The van der Waals surface area contributed by atoms with Gasteiger partial charge in [-0.2, -0.15) is 0 Å². The van der Waals surface area contributed by atoms with Crippen LogP contribution in [0, 0.1) is 6.92 Å². The monoisotopic (exact) mass is 276 g/mol. The lowest BCUT2D eigenvalue weighted by atomic mass is 10.2. The Morgan fingerprint density at radius 1 is 1.26 bits per heavy atom. The second kappa shape index (κ2) is 6.55. The third-order valence-electron chi connectivity index (χ3n) is 2.73. The van der Waals surface area contributed by atoms with Crippen LogP contribution in [0.15, 0.2) is 36.7 Å². The molecule has 0 amide bonds. The molecule has 4 heteroatoms. The first-order valence-corrected chi connectivity index (χ1v) is 6.65. The number of aromatic nitrogens is 1. The molecule has 2 aromatic rings. The average Bonchev–Trinajstić information content (AvgIpc) is 2.41. The molecule has 0 radical (unpaired) electrons. The summed E-state index contributed by atoms with van der Waals surface area (Å²) in [5, 5.41) is 3.92. The van der Waals surface area contributed by atoms with Gasteiger partial charge in [-0.1, -0.05) is 24.6 Å². The Morgan fingerprint density at radius 2 is 2.11 bits per heavy atom. The quantitative estimate of drug-likeness (QED) is 0.898. The number of pyridine rings is 1. The third-order valence-corrected chi connectivity index (χ3v) is 2.96. The van der Waals surface area contributed by atoms with Gasteiger partial charge in [0.25, 0.3) is 0 Å². The van der Waals surface area contributed by atoms with Gasteiger partial charge in [-0.15, -0.1) is 0 Å². The highest BCUT2D eigenvalue weighted by Gasteiger charge is 2.04. The summed E-state index contributed by atoms with van der Waals surface area (Å²) in [6, 6.07) is 7.58. The highest BCUT2D eigenvalue weighted by atomic mass is 35.5. The van der Waals surface area contributed by atoms with Crippen molar-refractivity contribution < 1.29 is 4.74 Å². The van der Waals surface area contributed by atoms with Crippen molar-refractivity contribution in [1.29, 1.82) is 0 Å². The second-order valence-electron chi connectivity index (χ2n) is 4.32. The van der Waals surface area contributed by atoms with Crippen molar-refractivity contribution in [1.82, 2.24) is 10.3 Å². The normalized spacial score (nSPS) is 10.5. The molecular formula is C15H17ClN2O. The molecule has 1 heterocycles. The SMILES string of the molecule is CCNCc1cncc(Oc2cc(Cl)ccc2C)c1. The van der Waals surface area contributed by atoms with Crippen molar-refractivity contribution >= 4 is 11.6 Å². The van der Waals surface area contributed by atoms with Crippen LogP contribution in [0.5, 0.6) is 11.5 Å². The van der Waals surface area contributed by atoms with E-state index >= 15 is 0 Å². The van der Waals surface area contributed by atoms with Crippen LogP contribution in [0.1, 0.15) is 18.1 Å². The first-order valence-electron chi connectivity index (χ1n) is 6.27. The molecule has 0 saturated heterocycles. The van der Waals surface area contributed by atoms with Crippen LogP contribution >= 0.6 is 11.6 Å². The summed E-state index contributed by atoms with van der Waals surface area (Å²) < 4.78 is 5.84. The molecule has 100 valence electrons. The van der Waals surface area contributed by atoms with E-state index in [0.29, 0.717) is 5.02 Å². The average molecular weight is 277 g/mol. The lowest BCUT2D eigenvalue weighted by molar-refractivity contribution is 0.475. The molecule has 0 spiro atoms. The van der Waals surface area contributed by atoms with Gasteiger partial charge in [0.05, 0.1) is 6.20 Å². The number of aryl methyl sites for hydroxylation is 1. The molecule has 2 rings (SSSR count). The molecule has 1 aromatic carbocycles. The summed E-state index contributed by atoms with van der Waals surface area (Å²) in [4.78, 5) is 4.19. The Balaban J connectivity index is 2.16. The number of benzene rings is 1. The predicted molar refractivity (Wildman–Crippen MR) is 77.9 cm³/mol. The van der Waals surface area contributed by atoms with E-state index in [9.17, 15) is 0 Å². The molecule has 0 fully saturated rings. The Hall–Kier alpha value is -1.58. The molecule has 0 bridgehead atoms. The van der Waals surface area contributed by atoms with E-state index in [4.69, 9.17) is 16.3 Å². The standard InChI is InChI=1S/C15H17ClN2O/c1-3-17-8-12-6-14(10-18-9-12)19-15-7-13(16)5-4-11(15)2/h4-7,9-10,17H,3,8H2,1-2H3. The summed E-state index contributed by atoms with van der Waals surface area (Å²) in [5.74, 6) is 1.48. The minimum absolute atomic E-state index is 0.664. The van der Waals surface area contributed by atoms with Gasteiger partial charge < -0.3 is 10.1 Å². The second-order valence-corrected chi connectivity index (χ2v) is 4.76. The van der Waals surface area contributed by atoms with Gasteiger partial charge in [-0.05, 0) is 42.8 Å². The Morgan fingerprint density at radius 3 is 2.89 bits per heavy atom. The van der Waals surface area contributed by atoms with Gasteiger partial charge >= 0.3 is 0 Å². The number of hydrogen-bond donors (Lipinski definition) is 1. The lowest BCUT2D eigenvalue weighted by Crippen LogP contribution is -2.11. The number of nitrogens with zero attached hydrogens (tertiary/aromatic N) is 1. The molecule has 3 nitrogen and oxygen atoms in total. The topological polar surface area (TPSA) is 34.2 Å². The van der Waals surface area contributed by atoms with Crippen LogP contribution in [0.25, 0.3) is 0 Å². The minimum atomic E-state index is 0.664. The van der Waals surface area contributed by atoms with Gasteiger partial charge in [0.1, 0.15) is 11.5 Å². The van der Waals surface area contributed by atoms with Gasteiger partial charge in [0.2, 0.25) is 0 Å². The van der Waals surface area contributed by atoms with Crippen LogP contribution in [0.3, 0.4) is 0 Å². The number of rotatable bonds is 5. The zero-order valence-corrected chi connectivity index (χ0v) is 11.9. The lowest BCUT2D eigenvalue weighted by Gasteiger charge is -2.10. The smallest absolute Gasteiger partial charge is 0.146 e. The molecule has 0 aliphatic heterocycles. The Labute approximate surface area is 118 Å². The minimum Gasteiger partial charge on any atom is -0.455 e. The van der Waals surface area contributed by atoms with Crippen LogP contribution in [-0.2, 0) is 6.54 Å². The molecule has 0 aliphatic carbocycles. The number of halogens is 1. The maximum Gasteiger partial charge on any atom is 0.146 e. The molecule has 1 N–H and O–H groups in total. The van der Waals surface area contributed by atoms with E-state index in [2.05, 4.69) is 17.2 Å². The van der Waals surface area contributed by atoms with Crippen molar-refractivity contribution in [2.45, 2.75) is 20.4 Å². The maximum atomic E-state index is 5.98. The molecule has 19 heavy (non-hydrogen) atoms. The molecule has 1 aromatic heterocycles. The fourth-order valence-corrected chi connectivity index (χ4v) is 1.86.